The van der Waals surface area contributed by atoms with E-state index >= 15 is 0 Å². The SMILES string of the molecule is COc1ccc([Si](C)(C)[C@@H]2[C@@H](C)[C@@H](CCc3cccc(N4CN(c5ccccc5)C5(CCNCC5)C4=O)c3)O[C@H]2CC(=O)N2CCC[C@H]2CO)cc1. The van der Waals surface area contributed by atoms with Crippen molar-refractivity contribution in [2.75, 3.05) is 49.8 Å². The third-order valence-corrected chi connectivity index (χ3v) is 17.1. The van der Waals surface area contributed by atoms with E-state index in [-0.39, 0.29) is 48.1 Å². The van der Waals surface area contributed by atoms with Gasteiger partial charge < -0.3 is 29.7 Å². The van der Waals surface area contributed by atoms with Gasteiger partial charge in [-0.15, -0.1) is 0 Å². The number of para-hydroxylation sites is 1. The Balaban J connectivity index is 1.10. The lowest BCUT2D eigenvalue weighted by molar-refractivity contribution is -0.135. The lowest BCUT2D eigenvalue weighted by atomic mass is 9.86. The van der Waals surface area contributed by atoms with Crippen LogP contribution >= 0.6 is 0 Å². The van der Waals surface area contributed by atoms with E-state index in [9.17, 15) is 14.7 Å². The van der Waals surface area contributed by atoms with Crippen molar-refractivity contribution in [1.82, 2.24) is 10.2 Å². The first kappa shape index (κ1) is 36.6. The number of nitrogens with zero attached hydrogens (tertiary/aromatic N) is 3. The Labute approximate surface area is 310 Å². The first-order valence-electron chi connectivity index (χ1n) is 19.3. The molecule has 0 bridgehead atoms. The molecule has 1 spiro atoms. The van der Waals surface area contributed by atoms with Gasteiger partial charge in [-0.3, -0.25) is 14.5 Å². The molecule has 9 nitrogen and oxygen atoms in total. The number of benzene rings is 3. The summed E-state index contributed by atoms with van der Waals surface area (Å²) in [7, 11) is -0.440. The number of methoxy groups -OCH3 is 1. The van der Waals surface area contributed by atoms with E-state index in [1.165, 1.54) is 10.8 Å². The monoisotopic (exact) mass is 724 g/mol. The summed E-state index contributed by atoms with van der Waals surface area (Å²) >= 11 is 0. The molecule has 10 heteroatoms. The molecule has 3 aromatic carbocycles. The summed E-state index contributed by atoms with van der Waals surface area (Å²) in [6.07, 6.45) is 5.17. The lowest BCUT2D eigenvalue weighted by Gasteiger charge is -2.39. The highest BCUT2D eigenvalue weighted by Gasteiger charge is 2.54. The Morgan fingerprint density at radius 3 is 2.44 bits per heavy atom. The Kier molecular flexibility index (Phi) is 10.8. The molecule has 7 rings (SSSR count). The number of hydrogen-bond donors (Lipinski definition) is 2. The van der Waals surface area contributed by atoms with Gasteiger partial charge in [-0.05, 0) is 105 Å². The number of nitrogens with one attached hydrogen (secondary N) is 1. The van der Waals surface area contributed by atoms with Gasteiger partial charge in [-0.2, -0.15) is 0 Å². The van der Waals surface area contributed by atoms with Gasteiger partial charge in [0.1, 0.15) is 11.3 Å². The van der Waals surface area contributed by atoms with Crippen LogP contribution < -0.4 is 25.0 Å². The van der Waals surface area contributed by atoms with E-state index in [0.29, 0.717) is 19.6 Å². The van der Waals surface area contributed by atoms with Crippen LogP contribution in [0.4, 0.5) is 11.4 Å². The van der Waals surface area contributed by atoms with Gasteiger partial charge >= 0.3 is 0 Å². The Bertz CT molecular complexity index is 1700. The number of ether oxygens (including phenoxy) is 2. The average Bonchev–Trinajstić information content (AvgIpc) is 3.86. The van der Waals surface area contributed by atoms with Crippen molar-refractivity contribution in [2.24, 2.45) is 5.92 Å². The number of carbonyl (C=O) groups is 2. The molecule has 0 radical (unpaired) electrons. The highest BCUT2D eigenvalue weighted by atomic mass is 28.3. The molecule has 278 valence electrons. The zero-order valence-electron chi connectivity index (χ0n) is 31.3. The zero-order chi connectivity index (χ0) is 36.5. The maximum absolute atomic E-state index is 14.3. The highest BCUT2D eigenvalue weighted by molar-refractivity contribution is 6.91. The van der Waals surface area contributed by atoms with Crippen LogP contribution in [0.1, 0.15) is 51.0 Å². The second-order valence-corrected chi connectivity index (χ2v) is 20.6. The van der Waals surface area contributed by atoms with Crippen molar-refractivity contribution in [3.05, 3.63) is 84.4 Å². The minimum Gasteiger partial charge on any atom is -0.497 e. The van der Waals surface area contributed by atoms with Crippen LogP contribution in [-0.2, 0) is 20.7 Å². The fourth-order valence-electron chi connectivity index (χ4n) is 9.84. The van der Waals surface area contributed by atoms with Crippen LogP contribution in [0.25, 0.3) is 0 Å². The van der Waals surface area contributed by atoms with E-state index in [4.69, 9.17) is 9.47 Å². The summed E-state index contributed by atoms with van der Waals surface area (Å²) in [4.78, 5) is 34.3. The predicted molar refractivity (Wildman–Crippen MR) is 209 cm³/mol. The van der Waals surface area contributed by atoms with Crippen LogP contribution in [0.2, 0.25) is 18.6 Å². The molecule has 2 N–H and O–H groups in total. The van der Waals surface area contributed by atoms with Crippen molar-refractivity contribution in [1.29, 1.82) is 0 Å². The summed E-state index contributed by atoms with van der Waals surface area (Å²) in [6.45, 7) is 10.0. The van der Waals surface area contributed by atoms with Gasteiger partial charge in [0, 0.05) is 17.9 Å². The number of aliphatic hydroxyl groups is 1. The molecule has 0 unspecified atom stereocenters. The van der Waals surface area contributed by atoms with Crippen molar-refractivity contribution in [2.45, 2.75) is 94.3 Å². The number of likely N-dealkylation sites (tertiary alicyclic amines) is 1. The third kappa shape index (κ3) is 6.90. The molecule has 0 saturated carbocycles. The molecule has 4 saturated heterocycles. The maximum atomic E-state index is 14.3. The van der Waals surface area contributed by atoms with Gasteiger partial charge in [-0.1, -0.05) is 67.7 Å². The predicted octanol–water partition coefficient (Wildman–Crippen LogP) is 5.32. The number of aryl methyl sites for hydroxylation is 1. The number of hydrogen-bond acceptors (Lipinski definition) is 7. The summed E-state index contributed by atoms with van der Waals surface area (Å²) in [5.74, 6) is 1.38. The molecule has 4 heterocycles. The molecule has 4 aliphatic heterocycles. The van der Waals surface area contributed by atoms with E-state index < -0.39 is 13.6 Å². The Morgan fingerprint density at radius 1 is 1.00 bits per heavy atom. The fourth-order valence-corrected chi connectivity index (χ4v) is 13.9. The minimum atomic E-state index is -2.13. The molecule has 4 aliphatic rings. The molecule has 5 atom stereocenters. The smallest absolute Gasteiger partial charge is 0.254 e. The maximum Gasteiger partial charge on any atom is 0.254 e. The molecule has 2 amide bonds. The first-order chi connectivity index (χ1) is 25.2. The quantitative estimate of drug-likeness (QED) is 0.259. The van der Waals surface area contributed by atoms with E-state index in [2.05, 4.69) is 78.8 Å². The number of rotatable bonds is 11. The van der Waals surface area contributed by atoms with Crippen LogP contribution in [0.3, 0.4) is 0 Å². The largest absolute Gasteiger partial charge is 0.497 e. The average molecular weight is 725 g/mol. The van der Waals surface area contributed by atoms with Crippen molar-refractivity contribution < 1.29 is 24.2 Å². The zero-order valence-corrected chi connectivity index (χ0v) is 32.3. The standard InChI is InChI=1S/C42H56N4O5Si/c1-30-37(51-38(27-39(48)44-25-9-14-34(44)28-47)40(30)52(3,4)36-18-16-35(50-2)17-19-36)20-15-31-10-8-13-33(26-31)45-29-46(32-11-6-5-7-12-32)42(41(45)49)21-23-43-24-22-42/h5-8,10-13,16-19,26,30,34,37-38,40,43,47H,9,14-15,20-25,27-29H2,1-4H3/t30-,34-,37+,38-,40+/m0/s1. The topological polar surface area (TPSA) is 94.6 Å². The molecule has 52 heavy (non-hydrogen) atoms. The molecular weight excluding hydrogens is 669 g/mol. The molecule has 4 fully saturated rings. The Hall–Kier alpha value is -3.70. The van der Waals surface area contributed by atoms with Crippen molar-refractivity contribution >= 4 is 36.4 Å². The minimum absolute atomic E-state index is 0.00342. The second kappa shape index (κ2) is 15.3. The summed E-state index contributed by atoms with van der Waals surface area (Å²) < 4.78 is 12.4. The normalized spacial score (nSPS) is 26.1. The number of aliphatic hydroxyl groups excluding tert-OH is 1. The first-order valence-corrected chi connectivity index (χ1v) is 22.4. The fraction of sp³-hybridized carbons (Fsp3) is 0.524. The number of piperidine rings is 1. The van der Waals surface area contributed by atoms with Crippen molar-refractivity contribution in [3.8, 4) is 5.75 Å². The molecule has 0 aromatic heterocycles. The lowest BCUT2D eigenvalue weighted by Crippen LogP contribution is -2.55. The Morgan fingerprint density at radius 2 is 1.73 bits per heavy atom. The highest BCUT2D eigenvalue weighted by Crippen LogP contribution is 2.47. The van der Waals surface area contributed by atoms with Crippen molar-refractivity contribution in [3.63, 3.8) is 0 Å². The van der Waals surface area contributed by atoms with Crippen LogP contribution in [-0.4, -0.2) is 93.7 Å². The molecular formula is C42H56N4O5Si. The summed E-state index contributed by atoms with van der Waals surface area (Å²) in [5.41, 5.74) is 2.92. The number of anilines is 2. The van der Waals surface area contributed by atoms with Crippen LogP contribution in [0.5, 0.6) is 5.75 Å². The van der Waals surface area contributed by atoms with Gasteiger partial charge in [0.2, 0.25) is 5.91 Å². The van der Waals surface area contributed by atoms with Gasteiger partial charge in [0.15, 0.2) is 0 Å². The summed E-state index contributed by atoms with van der Waals surface area (Å²) in [5, 5.41) is 14.7. The van der Waals surface area contributed by atoms with E-state index in [1.807, 2.05) is 40.1 Å². The second-order valence-electron chi connectivity index (χ2n) is 15.9. The van der Waals surface area contributed by atoms with Crippen LogP contribution in [0, 0.1) is 5.92 Å². The van der Waals surface area contributed by atoms with E-state index in [1.54, 1.807) is 7.11 Å². The van der Waals surface area contributed by atoms with Gasteiger partial charge in [0.25, 0.3) is 5.91 Å². The van der Waals surface area contributed by atoms with Crippen LogP contribution in [0.15, 0.2) is 78.9 Å². The number of amides is 2. The third-order valence-electron chi connectivity index (χ3n) is 12.7. The van der Waals surface area contributed by atoms with E-state index in [0.717, 1.165) is 68.7 Å². The molecule has 3 aromatic rings. The molecule has 0 aliphatic carbocycles. The number of carbonyl (C=O) groups excluding carboxylic acids is 2. The summed E-state index contributed by atoms with van der Waals surface area (Å²) in [6, 6.07) is 27.2. The van der Waals surface area contributed by atoms with Gasteiger partial charge in [-0.25, -0.2) is 0 Å². The van der Waals surface area contributed by atoms with Gasteiger partial charge in [0.05, 0.1) is 53.1 Å².